The van der Waals surface area contributed by atoms with Crippen molar-refractivity contribution in [3.8, 4) is 5.75 Å². The van der Waals surface area contributed by atoms with Crippen LogP contribution in [-0.2, 0) is 26.7 Å². The van der Waals surface area contributed by atoms with Crippen LogP contribution in [0.5, 0.6) is 5.75 Å². The summed E-state index contributed by atoms with van der Waals surface area (Å²) in [7, 11) is -3.25. The molecule has 1 amide bonds. The van der Waals surface area contributed by atoms with E-state index in [2.05, 4.69) is 35.8 Å². The second kappa shape index (κ2) is 8.57. The summed E-state index contributed by atoms with van der Waals surface area (Å²) in [6.07, 6.45) is 1.91. The molecule has 0 unspecified atom stereocenters. The number of hydrogen-bond donors (Lipinski definition) is 0. The van der Waals surface area contributed by atoms with Crippen LogP contribution in [0.25, 0.3) is 5.57 Å². The molecule has 0 aromatic heterocycles. The third-order valence-electron chi connectivity index (χ3n) is 7.32. The lowest BCUT2D eigenvalue weighted by Crippen LogP contribution is -2.51. The molecule has 2 aromatic rings. The SMILES string of the molecule is CC1(C)C2=C(C(=O)c3ccc(OCC(=O)N4CCN(S(C)(=O)=O)CC4)cc31)c1ccc(Br)cc1C2. The second-order valence-electron chi connectivity index (χ2n) is 9.82. The molecule has 5 rings (SSSR count). The fourth-order valence-electron chi connectivity index (χ4n) is 5.32. The van der Waals surface area contributed by atoms with Crippen molar-refractivity contribution in [2.45, 2.75) is 25.7 Å². The van der Waals surface area contributed by atoms with Crippen LogP contribution in [0.4, 0.5) is 0 Å². The van der Waals surface area contributed by atoms with Crippen molar-refractivity contribution in [3.05, 3.63) is 68.7 Å². The lowest BCUT2D eigenvalue weighted by atomic mass is 9.68. The Morgan fingerprint density at radius 1 is 1.06 bits per heavy atom. The third-order valence-corrected chi connectivity index (χ3v) is 9.12. The number of ketones is 1. The Labute approximate surface area is 213 Å². The van der Waals surface area contributed by atoms with E-state index in [9.17, 15) is 18.0 Å². The van der Waals surface area contributed by atoms with E-state index in [1.165, 1.54) is 10.6 Å². The molecule has 1 aliphatic heterocycles. The summed E-state index contributed by atoms with van der Waals surface area (Å²) >= 11 is 3.53. The molecule has 1 heterocycles. The average molecular weight is 559 g/mol. The molecule has 3 aliphatic rings. The molecule has 184 valence electrons. The fourth-order valence-corrected chi connectivity index (χ4v) is 6.55. The largest absolute Gasteiger partial charge is 0.484 e. The molecular formula is C26H27BrN2O5S. The second-order valence-corrected chi connectivity index (χ2v) is 12.7. The molecule has 7 nitrogen and oxygen atoms in total. The smallest absolute Gasteiger partial charge is 0.260 e. The minimum atomic E-state index is -3.25. The fraction of sp³-hybridized carbons (Fsp3) is 0.385. The van der Waals surface area contributed by atoms with E-state index in [1.807, 2.05) is 18.2 Å². The molecule has 0 saturated carbocycles. The average Bonchev–Trinajstić information content (AvgIpc) is 3.20. The van der Waals surface area contributed by atoms with Crippen molar-refractivity contribution >= 4 is 43.2 Å². The highest BCUT2D eigenvalue weighted by Crippen LogP contribution is 2.50. The van der Waals surface area contributed by atoms with Gasteiger partial charge in [-0.3, -0.25) is 9.59 Å². The van der Waals surface area contributed by atoms with Gasteiger partial charge < -0.3 is 9.64 Å². The van der Waals surface area contributed by atoms with Gasteiger partial charge in [0.05, 0.1) is 6.26 Å². The van der Waals surface area contributed by atoms with E-state index in [-0.39, 0.29) is 36.8 Å². The number of hydrogen-bond acceptors (Lipinski definition) is 5. The maximum atomic E-state index is 13.5. The molecule has 9 heteroatoms. The van der Waals surface area contributed by atoms with Gasteiger partial charge in [0.1, 0.15) is 5.75 Å². The quantitative estimate of drug-likeness (QED) is 0.574. The summed E-state index contributed by atoms with van der Waals surface area (Å²) in [5.74, 6) is 0.379. The van der Waals surface area contributed by atoms with Crippen LogP contribution in [-0.4, -0.2) is 68.4 Å². The molecule has 35 heavy (non-hydrogen) atoms. The standard InChI is InChI=1S/C26H27BrN2O5S/c1-26(2)21-14-18(34-15-23(30)28-8-10-29(11-9-28)35(3,32)33)5-7-20(21)25(31)24-19-6-4-17(27)12-16(19)13-22(24)26/h4-7,12,14H,8-11,13,15H2,1-3H3. The van der Waals surface area contributed by atoms with Gasteiger partial charge in [-0.15, -0.1) is 0 Å². The van der Waals surface area contributed by atoms with Gasteiger partial charge in [0.2, 0.25) is 10.0 Å². The highest BCUT2D eigenvalue weighted by molar-refractivity contribution is 9.10. The molecule has 1 fully saturated rings. The van der Waals surface area contributed by atoms with Gasteiger partial charge in [-0.1, -0.05) is 35.8 Å². The number of piperazine rings is 1. The Morgan fingerprint density at radius 3 is 2.43 bits per heavy atom. The van der Waals surface area contributed by atoms with Crippen LogP contribution in [0.1, 0.15) is 40.9 Å². The van der Waals surface area contributed by atoms with E-state index >= 15 is 0 Å². The summed E-state index contributed by atoms with van der Waals surface area (Å²) in [6, 6.07) is 11.5. The number of nitrogens with zero attached hydrogens (tertiary/aromatic N) is 2. The topological polar surface area (TPSA) is 84.0 Å². The first-order chi connectivity index (χ1) is 16.5. The van der Waals surface area contributed by atoms with Crippen molar-refractivity contribution in [2.75, 3.05) is 39.0 Å². The zero-order chi connectivity index (χ0) is 25.1. The zero-order valence-corrected chi connectivity index (χ0v) is 22.3. The van der Waals surface area contributed by atoms with Crippen LogP contribution >= 0.6 is 15.9 Å². The first-order valence-corrected chi connectivity index (χ1v) is 14.2. The molecule has 0 bridgehead atoms. The number of fused-ring (bicyclic) bond motifs is 3. The Morgan fingerprint density at radius 2 is 1.74 bits per heavy atom. The minimum absolute atomic E-state index is 0.0294. The number of halogens is 1. The molecule has 0 radical (unpaired) electrons. The van der Waals surface area contributed by atoms with E-state index in [0.717, 1.165) is 38.7 Å². The first kappa shape index (κ1) is 24.2. The highest BCUT2D eigenvalue weighted by atomic mass is 79.9. The minimum Gasteiger partial charge on any atom is -0.484 e. The Balaban J connectivity index is 1.32. The van der Waals surface area contributed by atoms with Gasteiger partial charge in [0.25, 0.3) is 5.91 Å². The molecule has 0 atom stereocenters. The summed E-state index contributed by atoms with van der Waals surface area (Å²) in [5, 5.41) is 0. The predicted octanol–water partition coefficient (Wildman–Crippen LogP) is 3.42. The highest BCUT2D eigenvalue weighted by Gasteiger charge is 2.43. The van der Waals surface area contributed by atoms with Gasteiger partial charge in [0.15, 0.2) is 12.4 Å². The van der Waals surface area contributed by atoms with Crippen LogP contribution in [0.3, 0.4) is 0 Å². The van der Waals surface area contributed by atoms with Crippen molar-refractivity contribution in [3.63, 3.8) is 0 Å². The van der Waals surface area contributed by atoms with E-state index in [1.54, 1.807) is 17.0 Å². The van der Waals surface area contributed by atoms with Crippen molar-refractivity contribution in [1.29, 1.82) is 0 Å². The predicted molar refractivity (Wildman–Crippen MR) is 137 cm³/mol. The monoisotopic (exact) mass is 558 g/mol. The van der Waals surface area contributed by atoms with Crippen LogP contribution in [0.2, 0.25) is 0 Å². The lowest BCUT2D eigenvalue weighted by Gasteiger charge is -2.35. The summed E-state index contributed by atoms with van der Waals surface area (Å²) in [5.41, 5.74) is 5.28. The number of rotatable bonds is 4. The number of sulfonamides is 1. The van der Waals surface area contributed by atoms with Gasteiger partial charge in [-0.25, -0.2) is 8.42 Å². The number of Topliss-reactive ketones (excluding diaryl/α,β-unsaturated/α-hetero) is 1. The molecule has 2 aromatic carbocycles. The Kier molecular flexibility index (Phi) is 5.93. The summed E-state index contributed by atoms with van der Waals surface area (Å²) < 4.78 is 31.6. The molecule has 2 aliphatic carbocycles. The maximum absolute atomic E-state index is 13.5. The van der Waals surface area contributed by atoms with Crippen LogP contribution in [0, 0.1) is 0 Å². The summed E-state index contributed by atoms with van der Waals surface area (Å²) in [4.78, 5) is 27.8. The Bertz CT molecular complexity index is 1390. The van der Waals surface area contributed by atoms with Crippen molar-refractivity contribution in [1.82, 2.24) is 9.21 Å². The van der Waals surface area contributed by atoms with Gasteiger partial charge in [-0.2, -0.15) is 4.31 Å². The number of amides is 1. The molecular weight excluding hydrogens is 532 g/mol. The normalized spacial score (nSPS) is 19.3. The van der Waals surface area contributed by atoms with Gasteiger partial charge in [0, 0.05) is 47.2 Å². The number of allylic oxidation sites excluding steroid dienone is 2. The first-order valence-electron chi connectivity index (χ1n) is 11.5. The van der Waals surface area contributed by atoms with E-state index in [0.29, 0.717) is 24.4 Å². The molecule has 0 N–H and O–H groups in total. The lowest BCUT2D eigenvalue weighted by molar-refractivity contribution is -0.134. The maximum Gasteiger partial charge on any atom is 0.260 e. The van der Waals surface area contributed by atoms with Crippen molar-refractivity contribution < 1.29 is 22.7 Å². The third kappa shape index (κ3) is 4.23. The van der Waals surface area contributed by atoms with Crippen molar-refractivity contribution in [2.24, 2.45) is 0 Å². The van der Waals surface area contributed by atoms with Gasteiger partial charge in [-0.05, 0) is 59.0 Å². The molecule has 0 spiro atoms. The Hall–Kier alpha value is -2.49. The number of benzene rings is 2. The van der Waals surface area contributed by atoms with Crippen LogP contribution < -0.4 is 4.74 Å². The molecule has 1 saturated heterocycles. The van der Waals surface area contributed by atoms with E-state index < -0.39 is 10.0 Å². The summed E-state index contributed by atoms with van der Waals surface area (Å²) in [6.45, 7) is 5.38. The zero-order valence-electron chi connectivity index (χ0n) is 19.9. The number of carbonyl (C=O) groups is 2. The van der Waals surface area contributed by atoms with Crippen LogP contribution in [0.15, 0.2) is 46.4 Å². The number of ether oxygens (including phenoxy) is 1. The van der Waals surface area contributed by atoms with E-state index in [4.69, 9.17) is 4.74 Å². The van der Waals surface area contributed by atoms with Gasteiger partial charge >= 0.3 is 0 Å². The number of carbonyl (C=O) groups excluding carboxylic acids is 2.